The molecule has 1 aliphatic rings. The van der Waals surface area contributed by atoms with Gasteiger partial charge in [0.05, 0.1) is 18.8 Å². The minimum atomic E-state index is -0.210. The molecule has 1 atom stereocenters. The molecule has 0 aliphatic carbocycles. The van der Waals surface area contributed by atoms with Crippen molar-refractivity contribution in [1.29, 1.82) is 0 Å². The monoisotopic (exact) mass is 278 g/mol. The molecule has 0 spiro atoms. The topological polar surface area (TPSA) is 64.8 Å². The van der Waals surface area contributed by atoms with Gasteiger partial charge in [0.15, 0.2) is 0 Å². The van der Waals surface area contributed by atoms with Gasteiger partial charge < -0.3 is 20.1 Å². The first kappa shape index (κ1) is 14.7. The summed E-state index contributed by atoms with van der Waals surface area (Å²) in [6, 6.07) is 5.88. The van der Waals surface area contributed by atoms with Crippen LogP contribution in [0.1, 0.15) is 25.8 Å². The number of esters is 1. The molecule has 2 N–H and O–H groups in total. The number of rotatable bonds is 5. The lowest BCUT2D eigenvalue weighted by atomic mass is 10.1. The number of nitrogens with two attached hydrogens (primary N) is 1. The van der Waals surface area contributed by atoms with Crippen LogP contribution in [0.5, 0.6) is 5.75 Å². The zero-order valence-electron chi connectivity index (χ0n) is 12.1. The number of anilines is 1. The molecule has 0 saturated heterocycles. The minimum Gasteiger partial charge on any atom is -0.486 e. The fourth-order valence-electron chi connectivity index (χ4n) is 2.33. The lowest BCUT2D eigenvalue weighted by Gasteiger charge is -2.35. The highest BCUT2D eigenvalue weighted by molar-refractivity contribution is 5.77. The number of nitrogens with zero attached hydrogens (tertiary/aromatic N) is 1. The van der Waals surface area contributed by atoms with Gasteiger partial charge >= 0.3 is 5.97 Å². The van der Waals surface area contributed by atoms with Crippen LogP contribution in [0.2, 0.25) is 0 Å². The summed E-state index contributed by atoms with van der Waals surface area (Å²) in [7, 11) is 0. The number of ether oxygens (including phenoxy) is 2. The Balaban J connectivity index is 2.23. The Bertz CT molecular complexity index is 476. The summed E-state index contributed by atoms with van der Waals surface area (Å²) in [6.07, 6.45) is 0.982. The van der Waals surface area contributed by atoms with Gasteiger partial charge in [-0.1, -0.05) is 13.0 Å². The summed E-state index contributed by atoms with van der Waals surface area (Å²) in [6.45, 7) is 5.72. The Morgan fingerprint density at radius 1 is 1.50 bits per heavy atom. The molecule has 2 rings (SSSR count). The first-order valence-electron chi connectivity index (χ1n) is 7.08. The van der Waals surface area contributed by atoms with Gasteiger partial charge in [-0.2, -0.15) is 0 Å². The second-order valence-corrected chi connectivity index (χ2v) is 4.84. The Labute approximate surface area is 119 Å². The van der Waals surface area contributed by atoms with Gasteiger partial charge in [-0.05, 0) is 31.0 Å². The Morgan fingerprint density at radius 3 is 2.95 bits per heavy atom. The van der Waals surface area contributed by atoms with Gasteiger partial charge in [0.1, 0.15) is 18.4 Å². The van der Waals surface area contributed by atoms with Crippen LogP contribution in [-0.4, -0.2) is 31.8 Å². The predicted octanol–water partition coefficient (Wildman–Crippen LogP) is 1.69. The number of hydrogen-bond acceptors (Lipinski definition) is 5. The van der Waals surface area contributed by atoms with E-state index in [9.17, 15) is 4.79 Å². The molecule has 20 heavy (non-hydrogen) atoms. The van der Waals surface area contributed by atoms with Crippen molar-refractivity contribution in [2.45, 2.75) is 32.9 Å². The molecule has 0 radical (unpaired) electrons. The molecule has 5 nitrogen and oxygen atoms in total. The maximum absolute atomic E-state index is 11.7. The Hall–Kier alpha value is -1.75. The molecule has 1 aliphatic heterocycles. The van der Waals surface area contributed by atoms with E-state index in [0.29, 0.717) is 19.7 Å². The highest BCUT2D eigenvalue weighted by Gasteiger charge is 2.26. The molecule has 0 amide bonds. The van der Waals surface area contributed by atoms with Gasteiger partial charge in [-0.25, -0.2) is 0 Å². The lowest BCUT2D eigenvalue weighted by molar-refractivity contribution is -0.141. The van der Waals surface area contributed by atoms with Gasteiger partial charge in [-0.3, -0.25) is 4.79 Å². The predicted molar refractivity (Wildman–Crippen MR) is 77.9 cm³/mol. The summed E-state index contributed by atoms with van der Waals surface area (Å²) >= 11 is 0. The van der Waals surface area contributed by atoms with Crippen LogP contribution in [0, 0.1) is 0 Å². The van der Waals surface area contributed by atoms with Crippen LogP contribution in [-0.2, 0) is 16.1 Å². The number of benzene rings is 1. The minimum absolute atomic E-state index is 0.0879. The third kappa shape index (κ3) is 3.22. The molecule has 110 valence electrons. The smallest absolute Gasteiger partial charge is 0.325 e. The molecule has 1 unspecified atom stereocenters. The molecular weight excluding hydrogens is 256 g/mol. The maximum Gasteiger partial charge on any atom is 0.325 e. The van der Waals surface area contributed by atoms with E-state index in [1.54, 1.807) is 0 Å². The molecule has 0 bridgehead atoms. The van der Waals surface area contributed by atoms with Crippen LogP contribution in [0.15, 0.2) is 18.2 Å². The number of fused-ring (bicyclic) bond motifs is 1. The van der Waals surface area contributed by atoms with Crippen LogP contribution in [0.25, 0.3) is 0 Å². The molecule has 0 fully saturated rings. The van der Waals surface area contributed by atoms with Crippen LogP contribution in [0.4, 0.5) is 5.69 Å². The SMILES string of the molecule is CCOC(=O)CN1CC(CC)Oc2cc(CN)ccc21. The third-order valence-electron chi connectivity index (χ3n) is 3.40. The third-order valence-corrected chi connectivity index (χ3v) is 3.40. The molecule has 1 aromatic carbocycles. The summed E-state index contributed by atoms with van der Waals surface area (Å²) in [5.41, 5.74) is 7.62. The van der Waals surface area contributed by atoms with Gasteiger partial charge in [0, 0.05) is 6.54 Å². The van der Waals surface area contributed by atoms with Crippen LogP contribution >= 0.6 is 0 Å². The van der Waals surface area contributed by atoms with Crippen LogP contribution < -0.4 is 15.4 Å². The van der Waals surface area contributed by atoms with E-state index in [4.69, 9.17) is 15.2 Å². The second kappa shape index (κ2) is 6.61. The quantitative estimate of drug-likeness (QED) is 0.830. The van der Waals surface area contributed by atoms with E-state index in [0.717, 1.165) is 23.4 Å². The molecule has 1 aromatic rings. The van der Waals surface area contributed by atoms with E-state index in [2.05, 4.69) is 6.92 Å². The highest BCUT2D eigenvalue weighted by atomic mass is 16.5. The van der Waals surface area contributed by atoms with Crippen LogP contribution in [0.3, 0.4) is 0 Å². The largest absolute Gasteiger partial charge is 0.486 e. The van der Waals surface area contributed by atoms with E-state index in [1.807, 2.05) is 30.0 Å². The molecule has 0 saturated carbocycles. The molecule has 1 heterocycles. The molecule has 0 aromatic heterocycles. The summed E-state index contributed by atoms with van der Waals surface area (Å²) in [5, 5.41) is 0. The highest BCUT2D eigenvalue weighted by Crippen LogP contribution is 2.34. The first-order valence-corrected chi connectivity index (χ1v) is 7.08. The van der Waals surface area contributed by atoms with E-state index in [1.165, 1.54) is 0 Å². The standard InChI is InChI=1S/C15H22N2O3/c1-3-12-9-17(10-15(18)19-4-2)13-6-5-11(8-16)7-14(13)20-12/h5-7,12H,3-4,8-10,16H2,1-2H3. The van der Waals surface area contributed by atoms with Crippen molar-refractivity contribution in [3.05, 3.63) is 23.8 Å². The number of carbonyl (C=O) groups is 1. The van der Waals surface area contributed by atoms with Crippen molar-refractivity contribution in [1.82, 2.24) is 0 Å². The zero-order valence-corrected chi connectivity index (χ0v) is 12.1. The van der Waals surface area contributed by atoms with Crippen molar-refractivity contribution < 1.29 is 14.3 Å². The van der Waals surface area contributed by atoms with Crippen molar-refractivity contribution >= 4 is 11.7 Å². The van der Waals surface area contributed by atoms with E-state index in [-0.39, 0.29) is 18.6 Å². The first-order chi connectivity index (χ1) is 9.67. The van der Waals surface area contributed by atoms with Crippen molar-refractivity contribution in [3.8, 4) is 5.75 Å². The summed E-state index contributed by atoms with van der Waals surface area (Å²) in [5.74, 6) is 0.591. The average molecular weight is 278 g/mol. The van der Waals surface area contributed by atoms with Crippen molar-refractivity contribution in [3.63, 3.8) is 0 Å². The van der Waals surface area contributed by atoms with Crippen molar-refractivity contribution in [2.75, 3.05) is 24.6 Å². The summed E-state index contributed by atoms with van der Waals surface area (Å²) in [4.78, 5) is 13.7. The fourth-order valence-corrected chi connectivity index (χ4v) is 2.33. The second-order valence-electron chi connectivity index (χ2n) is 4.84. The fraction of sp³-hybridized carbons (Fsp3) is 0.533. The van der Waals surface area contributed by atoms with Gasteiger partial charge in [0.2, 0.25) is 0 Å². The van der Waals surface area contributed by atoms with E-state index >= 15 is 0 Å². The average Bonchev–Trinajstić information content (AvgIpc) is 2.46. The maximum atomic E-state index is 11.7. The molecule has 5 heteroatoms. The lowest BCUT2D eigenvalue weighted by Crippen LogP contribution is -2.42. The molecular formula is C15H22N2O3. The summed E-state index contributed by atoms with van der Waals surface area (Å²) < 4.78 is 11.0. The van der Waals surface area contributed by atoms with Gasteiger partial charge in [-0.15, -0.1) is 0 Å². The number of carbonyl (C=O) groups excluding carboxylic acids is 1. The zero-order chi connectivity index (χ0) is 14.5. The Morgan fingerprint density at radius 2 is 2.30 bits per heavy atom. The van der Waals surface area contributed by atoms with Crippen molar-refractivity contribution in [2.24, 2.45) is 5.73 Å². The van der Waals surface area contributed by atoms with Gasteiger partial charge in [0.25, 0.3) is 0 Å². The normalized spacial score (nSPS) is 17.4. The number of hydrogen-bond donors (Lipinski definition) is 1. The Kier molecular flexibility index (Phi) is 4.84. The van der Waals surface area contributed by atoms with E-state index < -0.39 is 0 Å².